The van der Waals surface area contributed by atoms with Crippen molar-refractivity contribution < 1.29 is 26.7 Å². The second-order valence-corrected chi connectivity index (χ2v) is 7.55. The third-order valence-corrected chi connectivity index (χ3v) is 5.31. The standard InChI is InChI=1S/C18H20F2N2O4S/c1-3-12(2)22-27(24,25)14-9-7-13(8-10-14)26-11-17(23)21-18-15(19)5-4-6-16(18)20/h4-10,12,22H,3,11H2,1-2H3,(H,21,23)/t12-/m1/s1. The molecule has 9 heteroatoms. The zero-order chi connectivity index (χ0) is 20.0. The van der Waals surface area contributed by atoms with Crippen molar-refractivity contribution in [1.82, 2.24) is 4.72 Å². The minimum Gasteiger partial charge on any atom is -0.484 e. The predicted octanol–water partition coefficient (Wildman–Crippen LogP) is 3.06. The summed E-state index contributed by atoms with van der Waals surface area (Å²) in [4.78, 5) is 11.9. The van der Waals surface area contributed by atoms with Gasteiger partial charge >= 0.3 is 0 Å². The van der Waals surface area contributed by atoms with Crippen LogP contribution in [-0.2, 0) is 14.8 Å². The quantitative estimate of drug-likeness (QED) is 0.716. The van der Waals surface area contributed by atoms with E-state index >= 15 is 0 Å². The summed E-state index contributed by atoms with van der Waals surface area (Å²) in [5, 5.41) is 2.09. The van der Waals surface area contributed by atoms with E-state index in [2.05, 4.69) is 10.0 Å². The van der Waals surface area contributed by atoms with Crippen molar-refractivity contribution >= 4 is 21.6 Å². The van der Waals surface area contributed by atoms with Gasteiger partial charge in [-0.05, 0) is 49.7 Å². The lowest BCUT2D eigenvalue weighted by molar-refractivity contribution is -0.118. The Bertz CT molecular complexity index is 882. The molecule has 2 N–H and O–H groups in total. The highest BCUT2D eigenvalue weighted by Crippen LogP contribution is 2.19. The van der Waals surface area contributed by atoms with Gasteiger partial charge in [0.15, 0.2) is 6.61 Å². The maximum atomic E-state index is 13.5. The highest BCUT2D eigenvalue weighted by Gasteiger charge is 2.17. The number of carbonyl (C=O) groups excluding carboxylic acids is 1. The summed E-state index contributed by atoms with van der Waals surface area (Å²) >= 11 is 0. The van der Waals surface area contributed by atoms with E-state index in [-0.39, 0.29) is 16.7 Å². The van der Waals surface area contributed by atoms with Crippen LogP contribution in [0.1, 0.15) is 20.3 Å². The summed E-state index contributed by atoms with van der Waals surface area (Å²) in [7, 11) is -3.64. The van der Waals surface area contributed by atoms with Gasteiger partial charge < -0.3 is 10.1 Å². The van der Waals surface area contributed by atoms with Gasteiger partial charge in [-0.25, -0.2) is 21.9 Å². The number of amides is 1. The van der Waals surface area contributed by atoms with E-state index in [0.29, 0.717) is 6.42 Å². The topological polar surface area (TPSA) is 84.5 Å². The number of para-hydroxylation sites is 1. The minimum absolute atomic E-state index is 0.0630. The van der Waals surface area contributed by atoms with Crippen LogP contribution in [0.4, 0.5) is 14.5 Å². The Morgan fingerprint density at radius 2 is 1.70 bits per heavy atom. The fraction of sp³-hybridized carbons (Fsp3) is 0.278. The molecule has 0 heterocycles. The van der Waals surface area contributed by atoms with Crippen LogP contribution < -0.4 is 14.8 Å². The summed E-state index contributed by atoms with van der Waals surface area (Å²) < 4.78 is 59.0. The van der Waals surface area contributed by atoms with E-state index in [4.69, 9.17) is 4.74 Å². The first kappa shape index (κ1) is 20.8. The minimum atomic E-state index is -3.64. The molecule has 2 aromatic rings. The van der Waals surface area contributed by atoms with Gasteiger partial charge in [-0.15, -0.1) is 0 Å². The first-order valence-electron chi connectivity index (χ1n) is 8.22. The van der Waals surface area contributed by atoms with Crippen molar-refractivity contribution in [3.63, 3.8) is 0 Å². The van der Waals surface area contributed by atoms with Crippen LogP contribution >= 0.6 is 0 Å². The summed E-state index contributed by atoms with van der Waals surface area (Å²) in [6.07, 6.45) is 0.651. The van der Waals surface area contributed by atoms with Crippen molar-refractivity contribution in [2.75, 3.05) is 11.9 Å². The van der Waals surface area contributed by atoms with Crippen LogP contribution in [0, 0.1) is 11.6 Å². The van der Waals surface area contributed by atoms with Gasteiger partial charge in [0.2, 0.25) is 10.0 Å². The Hall–Kier alpha value is -2.52. The Morgan fingerprint density at radius 1 is 1.11 bits per heavy atom. The van der Waals surface area contributed by atoms with Crippen LogP contribution in [0.2, 0.25) is 0 Å². The van der Waals surface area contributed by atoms with E-state index in [1.54, 1.807) is 6.92 Å². The fourth-order valence-electron chi connectivity index (χ4n) is 2.07. The Kier molecular flexibility index (Phi) is 6.86. The van der Waals surface area contributed by atoms with Gasteiger partial charge in [0.1, 0.15) is 23.1 Å². The van der Waals surface area contributed by atoms with Crippen LogP contribution in [0.25, 0.3) is 0 Å². The highest BCUT2D eigenvalue weighted by atomic mass is 32.2. The van der Waals surface area contributed by atoms with Gasteiger partial charge in [0.25, 0.3) is 5.91 Å². The molecule has 0 radical (unpaired) electrons. The van der Waals surface area contributed by atoms with Crippen molar-refractivity contribution in [2.45, 2.75) is 31.2 Å². The van der Waals surface area contributed by atoms with Crippen molar-refractivity contribution in [3.05, 3.63) is 54.1 Å². The van der Waals surface area contributed by atoms with Crippen LogP contribution in [-0.4, -0.2) is 27.0 Å². The molecule has 2 rings (SSSR count). The second kappa shape index (κ2) is 8.92. The zero-order valence-corrected chi connectivity index (χ0v) is 15.6. The van der Waals surface area contributed by atoms with E-state index in [1.165, 1.54) is 30.3 Å². The number of ether oxygens (including phenoxy) is 1. The molecule has 0 aromatic heterocycles. The monoisotopic (exact) mass is 398 g/mol. The number of carbonyl (C=O) groups is 1. The van der Waals surface area contributed by atoms with E-state index in [1.807, 2.05) is 6.92 Å². The van der Waals surface area contributed by atoms with Crippen LogP contribution in [0.15, 0.2) is 47.4 Å². The van der Waals surface area contributed by atoms with Crippen molar-refractivity contribution in [2.24, 2.45) is 0 Å². The van der Waals surface area contributed by atoms with Gasteiger partial charge in [0, 0.05) is 6.04 Å². The fourth-order valence-corrected chi connectivity index (χ4v) is 3.40. The molecule has 0 saturated heterocycles. The molecule has 0 unspecified atom stereocenters. The normalized spacial score (nSPS) is 12.4. The largest absolute Gasteiger partial charge is 0.484 e. The Labute approximate surface area is 156 Å². The van der Waals surface area contributed by atoms with E-state index in [0.717, 1.165) is 12.1 Å². The average Bonchev–Trinajstić information content (AvgIpc) is 2.63. The number of sulfonamides is 1. The van der Waals surface area contributed by atoms with Gasteiger partial charge in [0.05, 0.1) is 4.90 Å². The Balaban J connectivity index is 1.96. The molecule has 0 spiro atoms. The van der Waals surface area contributed by atoms with Crippen LogP contribution in [0.3, 0.4) is 0 Å². The first-order valence-corrected chi connectivity index (χ1v) is 9.70. The lowest BCUT2D eigenvalue weighted by atomic mass is 10.3. The summed E-state index contributed by atoms with van der Waals surface area (Å²) in [5.41, 5.74) is -0.552. The molecule has 0 aliphatic carbocycles. The number of anilines is 1. The second-order valence-electron chi connectivity index (χ2n) is 5.84. The molecule has 0 bridgehead atoms. The smallest absolute Gasteiger partial charge is 0.262 e. The molecule has 0 fully saturated rings. The zero-order valence-electron chi connectivity index (χ0n) is 14.8. The molecule has 0 saturated carbocycles. The summed E-state index contributed by atoms with van der Waals surface area (Å²) in [6.45, 7) is 3.12. The lowest BCUT2D eigenvalue weighted by Gasteiger charge is -2.12. The lowest BCUT2D eigenvalue weighted by Crippen LogP contribution is -2.31. The number of rotatable bonds is 8. The summed E-state index contributed by atoms with van der Waals surface area (Å²) in [5.74, 6) is -2.31. The maximum Gasteiger partial charge on any atom is 0.262 e. The van der Waals surface area contributed by atoms with E-state index < -0.39 is 39.9 Å². The molecule has 1 amide bonds. The van der Waals surface area contributed by atoms with E-state index in [9.17, 15) is 22.0 Å². The SMILES string of the molecule is CC[C@@H](C)NS(=O)(=O)c1ccc(OCC(=O)Nc2c(F)cccc2F)cc1. The predicted molar refractivity (Wildman–Crippen MR) is 97.0 cm³/mol. The number of halogens is 2. The third kappa shape index (κ3) is 5.73. The number of hydrogen-bond donors (Lipinski definition) is 2. The third-order valence-electron chi connectivity index (χ3n) is 3.70. The van der Waals surface area contributed by atoms with Gasteiger partial charge in [-0.2, -0.15) is 0 Å². The number of benzene rings is 2. The van der Waals surface area contributed by atoms with Crippen molar-refractivity contribution in [1.29, 1.82) is 0 Å². The molecule has 27 heavy (non-hydrogen) atoms. The molecular formula is C18H20F2N2O4S. The first-order chi connectivity index (χ1) is 12.7. The Morgan fingerprint density at radius 3 is 2.26 bits per heavy atom. The highest BCUT2D eigenvalue weighted by molar-refractivity contribution is 7.89. The number of nitrogens with one attached hydrogen (secondary N) is 2. The summed E-state index contributed by atoms with van der Waals surface area (Å²) in [6, 6.07) is 8.49. The van der Waals surface area contributed by atoms with Crippen molar-refractivity contribution in [3.8, 4) is 5.75 Å². The molecule has 2 aromatic carbocycles. The molecular weight excluding hydrogens is 378 g/mol. The molecule has 0 aliphatic rings. The van der Waals surface area contributed by atoms with Gasteiger partial charge in [-0.3, -0.25) is 4.79 Å². The number of hydrogen-bond acceptors (Lipinski definition) is 4. The van der Waals surface area contributed by atoms with Gasteiger partial charge in [-0.1, -0.05) is 13.0 Å². The average molecular weight is 398 g/mol. The van der Waals surface area contributed by atoms with Crippen LogP contribution in [0.5, 0.6) is 5.75 Å². The molecule has 6 nitrogen and oxygen atoms in total. The maximum absolute atomic E-state index is 13.5. The molecule has 146 valence electrons. The molecule has 0 aliphatic heterocycles. The molecule has 1 atom stereocenters.